The van der Waals surface area contributed by atoms with Gasteiger partial charge in [0.05, 0.1) is 6.54 Å². The van der Waals surface area contributed by atoms with Crippen LogP contribution in [0.25, 0.3) is 0 Å². The Morgan fingerprint density at radius 2 is 2.19 bits per heavy atom. The van der Waals surface area contributed by atoms with Crippen molar-refractivity contribution in [2.45, 2.75) is 32.9 Å². The number of hydrogen-bond acceptors (Lipinski definition) is 4. The van der Waals surface area contributed by atoms with Gasteiger partial charge in [-0.1, -0.05) is 6.07 Å². The molecule has 0 saturated heterocycles. The quantitative estimate of drug-likeness (QED) is 0.870. The first-order chi connectivity index (χ1) is 10.1. The summed E-state index contributed by atoms with van der Waals surface area (Å²) in [7, 11) is 0. The maximum atomic E-state index is 12.6. The van der Waals surface area contributed by atoms with E-state index in [4.69, 9.17) is 5.73 Å². The molecule has 0 atom stereocenters. The number of benzene rings is 1. The smallest absolute Gasteiger partial charge is 0.254 e. The molecule has 21 heavy (non-hydrogen) atoms. The van der Waals surface area contributed by atoms with E-state index in [9.17, 15) is 4.79 Å². The number of aromatic nitrogens is 3. The van der Waals surface area contributed by atoms with Gasteiger partial charge in [-0.2, -0.15) is 5.10 Å². The van der Waals surface area contributed by atoms with Gasteiger partial charge in [0.25, 0.3) is 5.91 Å². The van der Waals surface area contributed by atoms with Crippen molar-refractivity contribution in [1.82, 2.24) is 19.7 Å². The van der Waals surface area contributed by atoms with Crippen LogP contribution in [-0.2, 0) is 13.0 Å². The van der Waals surface area contributed by atoms with Gasteiger partial charge in [0.15, 0.2) is 0 Å². The molecule has 1 aromatic carbocycles. The minimum atomic E-state index is 0.0156. The van der Waals surface area contributed by atoms with E-state index in [-0.39, 0.29) is 11.9 Å². The lowest BCUT2D eigenvalue weighted by molar-refractivity contribution is 0.0719. The molecule has 0 unspecified atom stereocenters. The van der Waals surface area contributed by atoms with Gasteiger partial charge in [-0.25, -0.2) is 9.67 Å². The number of fused-ring (bicyclic) bond motifs is 1. The molecule has 1 aliphatic heterocycles. The van der Waals surface area contributed by atoms with Crippen LogP contribution >= 0.6 is 0 Å². The Bertz CT molecular complexity index is 676. The molecule has 6 heteroatoms. The topological polar surface area (TPSA) is 77.0 Å². The number of hydrogen-bond donors (Lipinski definition) is 1. The molecule has 0 fully saturated rings. The maximum absolute atomic E-state index is 12.6. The van der Waals surface area contributed by atoms with E-state index in [2.05, 4.69) is 10.1 Å². The van der Waals surface area contributed by atoms with Crippen molar-refractivity contribution >= 4 is 11.6 Å². The van der Waals surface area contributed by atoms with Gasteiger partial charge < -0.3 is 10.6 Å². The highest BCUT2D eigenvalue weighted by Crippen LogP contribution is 2.22. The molecule has 1 aromatic heterocycles. The third-order valence-corrected chi connectivity index (χ3v) is 3.77. The third kappa shape index (κ3) is 2.49. The highest BCUT2D eigenvalue weighted by molar-refractivity contribution is 5.97. The van der Waals surface area contributed by atoms with E-state index in [1.165, 1.54) is 6.33 Å². The van der Waals surface area contributed by atoms with Gasteiger partial charge in [0.1, 0.15) is 12.2 Å². The van der Waals surface area contributed by atoms with Crippen molar-refractivity contribution in [2.75, 3.05) is 12.3 Å². The van der Waals surface area contributed by atoms with Crippen molar-refractivity contribution < 1.29 is 4.79 Å². The highest BCUT2D eigenvalue weighted by Gasteiger charge is 2.25. The van der Waals surface area contributed by atoms with E-state index in [1.54, 1.807) is 6.07 Å². The lowest BCUT2D eigenvalue weighted by Crippen LogP contribution is -2.38. The maximum Gasteiger partial charge on any atom is 0.254 e. The van der Waals surface area contributed by atoms with Crippen molar-refractivity contribution in [3.05, 3.63) is 41.5 Å². The Morgan fingerprint density at radius 1 is 1.38 bits per heavy atom. The van der Waals surface area contributed by atoms with Crippen LogP contribution in [-0.4, -0.2) is 32.1 Å². The molecule has 110 valence electrons. The third-order valence-electron chi connectivity index (χ3n) is 3.77. The Hall–Kier alpha value is -2.37. The molecule has 0 saturated carbocycles. The molecule has 6 nitrogen and oxygen atoms in total. The first kappa shape index (κ1) is 13.6. The molecule has 2 N–H and O–H groups in total. The summed E-state index contributed by atoms with van der Waals surface area (Å²) in [6, 6.07) is 5.77. The second-order valence-electron chi connectivity index (χ2n) is 5.61. The second kappa shape index (κ2) is 5.20. The fourth-order valence-electron chi connectivity index (χ4n) is 2.68. The fraction of sp³-hybridized carbons (Fsp3) is 0.400. The average Bonchev–Trinajstić information content (AvgIpc) is 2.91. The van der Waals surface area contributed by atoms with Crippen LogP contribution in [0.3, 0.4) is 0 Å². The number of nitrogens with two attached hydrogens (primary N) is 1. The van der Waals surface area contributed by atoms with E-state index < -0.39 is 0 Å². The summed E-state index contributed by atoms with van der Waals surface area (Å²) < 4.78 is 1.85. The number of amides is 1. The van der Waals surface area contributed by atoms with Gasteiger partial charge in [-0.15, -0.1) is 0 Å². The lowest BCUT2D eigenvalue weighted by atomic mass is 9.98. The Balaban J connectivity index is 1.85. The van der Waals surface area contributed by atoms with Crippen LogP contribution in [0.5, 0.6) is 0 Å². The zero-order valence-corrected chi connectivity index (χ0v) is 12.3. The largest absolute Gasteiger partial charge is 0.399 e. The van der Waals surface area contributed by atoms with Crippen molar-refractivity contribution in [2.24, 2.45) is 0 Å². The predicted octanol–water partition coefficient (Wildman–Crippen LogP) is 1.64. The van der Waals surface area contributed by atoms with Gasteiger partial charge in [0, 0.05) is 23.8 Å². The molecule has 0 aliphatic carbocycles. The standard InChI is InChI=1S/C15H19N5O/c1-10(2)20-14(17-9-18-20)8-19-6-5-11-3-4-12(16)7-13(11)15(19)21/h3-4,7,9-10H,5-6,8,16H2,1-2H3. The molecule has 0 spiro atoms. The first-order valence-electron chi connectivity index (χ1n) is 7.12. The normalized spacial score (nSPS) is 14.6. The number of anilines is 1. The summed E-state index contributed by atoms with van der Waals surface area (Å²) in [4.78, 5) is 18.7. The van der Waals surface area contributed by atoms with Crippen LogP contribution in [0.1, 0.15) is 41.6 Å². The SMILES string of the molecule is CC(C)n1ncnc1CN1CCc2ccc(N)cc2C1=O. The molecule has 0 radical (unpaired) electrons. The summed E-state index contributed by atoms with van der Waals surface area (Å²) in [5.74, 6) is 0.826. The number of nitrogen functional groups attached to an aromatic ring is 1. The summed E-state index contributed by atoms with van der Waals surface area (Å²) in [6.45, 7) is 5.27. The van der Waals surface area contributed by atoms with E-state index >= 15 is 0 Å². The predicted molar refractivity (Wildman–Crippen MR) is 79.7 cm³/mol. The molecule has 3 rings (SSSR count). The highest BCUT2D eigenvalue weighted by atomic mass is 16.2. The molecule has 2 aromatic rings. The molecular weight excluding hydrogens is 266 g/mol. The Labute approximate surface area is 123 Å². The molecule has 0 bridgehead atoms. The van der Waals surface area contributed by atoms with Crippen molar-refractivity contribution in [1.29, 1.82) is 0 Å². The van der Waals surface area contributed by atoms with E-state index in [1.807, 2.05) is 35.6 Å². The first-order valence-corrected chi connectivity index (χ1v) is 7.12. The van der Waals surface area contributed by atoms with Gasteiger partial charge in [0.2, 0.25) is 0 Å². The van der Waals surface area contributed by atoms with Crippen LogP contribution in [0.4, 0.5) is 5.69 Å². The molecule has 1 amide bonds. The number of carbonyl (C=O) groups excluding carboxylic acids is 1. The second-order valence-corrected chi connectivity index (χ2v) is 5.61. The van der Waals surface area contributed by atoms with Crippen LogP contribution in [0.15, 0.2) is 24.5 Å². The van der Waals surface area contributed by atoms with E-state index in [0.29, 0.717) is 24.3 Å². The van der Waals surface area contributed by atoms with Gasteiger partial charge in [-0.3, -0.25) is 4.79 Å². The zero-order chi connectivity index (χ0) is 15.0. The summed E-state index contributed by atoms with van der Waals surface area (Å²) in [5.41, 5.74) is 8.18. The minimum Gasteiger partial charge on any atom is -0.399 e. The zero-order valence-electron chi connectivity index (χ0n) is 12.3. The van der Waals surface area contributed by atoms with Gasteiger partial charge in [-0.05, 0) is 38.0 Å². The Kier molecular flexibility index (Phi) is 3.37. The number of rotatable bonds is 3. The molecule has 2 heterocycles. The van der Waals surface area contributed by atoms with Crippen LogP contribution in [0.2, 0.25) is 0 Å². The summed E-state index contributed by atoms with van der Waals surface area (Å²) in [5, 5.41) is 4.21. The van der Waals surface area contributed by atoms with Crippen LogP contribution < -0.4 is 5.73 Å². The molecular formula is C15H19N5O. The minimum absolute atomic E-state index is 0.0156. The lowest BCUT2D eigenvalue weighted by Gasteiger charge is -2.28. The van der Waals surface area contributed by atoms with Crippen molar-refractivity contribution in [3.8, 4) is 0 Å². The Morgan fingerprint density at radius 3 is 2.95 bits per heavy atom. The fourth-order valence-corrected chi connectivity index (χ4v) is 2.68. The monoisotopic (exact) mass is 285 g/mol. The average molecular weight is 285 g/mol. The molecule has 1 aliphatic rings. The summed E-state index contributed by atoms with van der Waals surface area (Å²) in [6.07, 6.45) is 2.38. The van der Waals surface area contributed by atoms with Crippen molar-refractivity contribution in [3.63, 3.8) is 0 Å². The summed E-state index contributed by atoms with van der Waals surface area (Å²) >= 11 is 0. The van der Waals surface area contributed by atoms with E-state index in [0.717, 1.165) is 17.8 Å². The van der Waals surface area contributed by atoms with Gasteiger partial charge >= 0.3 is 0 Å². The van der Waals surface area contributed by atoms with Crippen LogP contribution in [0, 0.1) is 0 Å². The number of carbonyl (C=O) groups is 1. The number of nitrogens with zero attached hydrogens (tertiary/aromatic N) is 4.